The molecular weight excluding hydrogens is 358 g/mol. The first-order chi connectivity index (χ1) is 12.4. The lowest BCUT2D eigenvalue weighted by molar-refractivity contribution is -0.136. The number of hydrogen-bond donors (Lipinski definition) is 2. The van der Waals surface area contributed by atoms with Crippen molar-refractivity contribution in [3.63, 3.8) is 0 Å². The lowest BCUT2D eigenvalue weighted by Gasteiger charge is -2.12. The van der Waals surface area contributed by atoms with Crippen LogP contribution in [0.25, 0.3) is 0 Å². The van der Waals surface area contributed by atoms with Crippen molar-refractivity contribution in [3.05, 3.63) is 46.0 Å². The molecule has 0 saturated heterocycles. The number of hydrogen-bond acceptors (Lipinski definition) is 6. The van der Waals surface area contributed by atoms with Gasteiger partial charge in [0.25, 0.3) is 11.8 Å². The molecule has 3 rings (SSSR count). The fourth-order valence-corrected chi connectivity index (χ4v) is 3.59. The molecule has 1 aliphatic heterocycles. The number of amides is 3. The highest BCUT2D eigenvalue weighted by Gasteiger charge is 2.35. The van der Waals surface area contributed by atoms with Gasteiger partial charge in [-0.15, -0.1) is 11.3 Å². The summed E-state index contributed by atoms with van der Waals surface area (Å²) in [5.74, 6) is -2.20. The summed E-state index contributed by atoms with van der Waals surface area (Å²) >= 11 is 1.09. The average Bonchev–Trinajstić information content (AvgIpc) is 3.04. The topological polar surface area (TPSA) is 117 Å². The Kier molecular flexibility index (Phi) is 4.81. The number of anilines is 1. The molecule has 0 aliphatic carbocycles. The summed E-state index contributed by atoms with van der Waals surface area (Å²) in [7, 11) is 0. The van der Waals surface area contributed by atoms with Crippen LogP contribution in [0.3, 0.4) is 0 Å². The van der Waals surface area contributed by atoms with Gasteiger partial charge in [-0.25, -0.2) is 4.98 Å². The fraction of sp³-hybridized carbons (Fsp3) is 0.235. The highest BCUT2D eigenvalue weighted by atomic mass is 32.1. The van der Waals surface area contributed by atoms with Crippen LogP contribution in [-0.4, -0.2) is 45.2 Å². The minimum Gasteiger partial charge on any atom is -0.481 e. The van der Waals surface area contributed by atoms with E-state index >= 15 is 0 Å². The largest absolute Gasteiger partial charge is 0.481 e. The highest BCUT2D eigenvalue weighted by Crippen LogP contribution is 2.24. The monoisotopic (exact) mass is 373 g/mol. The predicted molar refractivity (Wildman–Crippen MR) is 93.2 cm³/mol. The Morgan fingerprint density at radius 1 is 1.19 bits per heavy atom. The number of carbonyl (C=O) groups excluding carboxylic acids is 3. The van der Waals surface area contributed by atoms with Crippen LogP contribution < -0.4 is 5.32 Å². The lowest BCUT2D eigenvalue weighted by atomic mass is 10.1. The summed E-state index contributed by atoms with van der Waals surface area (Å²) in [5.41, 5.74) is 1.23. The number of rotatable bonds is 6. The maximum atomic E-state index is 12.2. The van der Waals surface area contributed by atoms with E-state index in [4.69, 9.17) is 5.11 Å². The Balaban J connectivity index is 1.59. The molecule has 0 radical (unpaired) electrons. The summed E-state index contributed by atoms with van der Waals surface area (Å²) in [4.78, 5) is 53.1. The zero-order valence-corrected chi connectivity index (χ0v) is 14.6. The lowest BCUT2D eigenvalue weighted by Crippen LogP contribution is -2.32. The summed E-state index contributed by atoms with van der Waals surface area (Å²) < 4.78 is 0. The van der Waals surface area contributed by atoms with Gasteiger partial charge in [-0.1, -0.05) is 12.1 Å². The molecule has 0 bridgehead atoms. The van der Waals surface area contributed by atoms with Crippen molar-refractivity contribution in [1.29, 1.82) is 0 Å². The van der Waals surface area contributed by atoms with Crippen molar-refractivity contribution in [2.45, 2.75) is 19.8 Å². The number of aromatic nitrogens is 1. The minimum atomic E-state index is -0.972. The Bertz CT molecular complexity index is 886. The number of nitrogens with one attached hydrogen (secondary N) is 1. The van der Waals surface area contributed by atoms with E-state index in [1.54, 1.807) is 31.2 Å². The Morgan fingerprint density at radius 3 is 2.38 bits per heavy atom. The van der Waals surface area contributed by atoms with Crippen molar-refractivity contribution in [2.24, 2.45) is 0 Å². The van der Waals surface area contributed by atoms with Crippen molar-refractivity contribution >= 4 is 40.2 Å². The van der Waals surface area contributed by atoms with Crippen LogP contribution in [0, 0.1) is 6.92 Å². The fourth-order valence-electron chi connectivity index (χ4n) is 2.62. The predicted octanol–water partition coefficient (Wildman–Crippen LogP) is 1.70. The molecular formula is C17H15N3O5S. The molecule has 2 heterocycles. The van der Waals surface area contributed by atoms with Gasteiger partial charge in [0.15, 0.2) is 5.13 Å². The molecule has 1 aliphatic rings. The van der Waals surface area contributed by atoms with Gasteiger partial charge >= 0.3 is 5.97 Å². The van der Waals surface area contributed by atoms with Crippen LogP contribution in [-0.2, 0) is 16.0 Å². The smallest absolute Gasteiger partial charge is 0.308 e. The van der Waals surface area contributed by atoms with Crippen LogP contribution in [0.5, 0.6) is 0 Å². The first-order valence-corrected chi connectivity index (χ1v) is 8.61. The number of carboxylic acid groups (broad SMARTS) is 1. The first kappa shape index (κ1) is 17.7. The molecule has 1 aromatic heterocycles. The summed E-state index contributed by atoms with van der Waals surface area (Å²) in [6, 6.07) is 6.52. The van der Waals surface area contributed by atoms with E-state index in [9.17, 15) is 19.2 Å². The quantitative estimate of drug-likeness (QED) is 0.745. The van der Waals surface area contributed by atoms with Gasteiger partial charge in [0.05, 0.1) is 23.2 Å². The van der Waals surface area contributed by atoms with Crippen molar-refractivity contribution < 1.29 is 24.3 Å². The second-order valence-electron chi connectivity index (χ2n) is 5.70. The van der Waals surface area contributed by atoms with Gasteiger partial charge in [-0.2, -0.15) is 0 Å². The average molecular weight is 373 g/mol. The SMILES string of the molecule is Cc1nc(NC(=O)CCN2C(=O)c3ccccc3C2=O)sc1CC(=O)O. The zero-order valence-electron chi connectivity index (χ0n) is 13.8. The van der Waals surface area contributed by atoms with Gasteiger partial charge in [-0.05, 0) is 19.1 Å². The first-order valence-electron chi connectivity index (χ1n) is 7.80. The number of benzene rings is 1. The molecule has 3 amide bonds. The summed E-state index contributed by atoms with van der Waals surface area (Å²) in [5, 5.41) is 11.7. The van der Waals surface area contributed by atoms with Crippen LogP contribution in [0.4, 0.5) is 5.13 Å². The van der Waals surface area contributed by atoms with E-state index < -0.39 is 23.7 Å². The van der Waals surface area contributed by atoms with Gasteiger partial charge in [-0.3, -0.25) is 24.1 Å². The highest BCUT2D eigenvalue weighted by molar-refractivity contribution is 7.16. The van der Waals surface area contributed by atoms with Crippen LogP contribution in [0.1, 0.15) is 37.7 Å². The molecule has 2 N–H and O–H groups in total. The Hall–Kier alpha value is -3.07. The van der Waals surface area contributed by atoms with E-state index in [2.05, 4.69) is 10.3 Å². The number of thiazole rings is 1. The molecule has 0 fully saturated rings. The van der Waals surface area contributed by atoms with E-state index in [-0.39, 0.29) is 19.4 Å². The third-order valence-corrected chi connectivity index (χ3v) is 4.96. The van der Waals surface area contributed by atoms with Gasteiger partial charge in [0, 0.05) is 17.8 Å². The molecule has 1 aromatic carbocycles. The van der Waals surface area contributed by atoms with Crippen molar-refractivity contribution in [2.75, 3.05) is 11.9 Å². The number of nitrogens with zero attached hydrogens (tertiary/aromatic N) is 2. The number of carboxylic acids is 1. The standard InChI is InChI=1S/C17H15N3O5S/c1-9-12(8-14(22)23)26-17(18-9)19-13(21)6-7-20-15(24)10-4-2-3-5-11(10)16(20)25/h2-5H,6-8H2,1H3,(H,22,23)(H,18,19,21). The third kappa shape index (κ3) is 3.47. The number of aryl methyl sites for hydroxylation is 1. The molecule has 26 heavy (non-hydrogen) atoms. The number of carbonyl (C=O) groups is 4. The van der Waals surface area contributed by atoms with Crippen LogP contribution >= 0.6 is 11.3 Å². The molecule has 0 saturated carbocycles. The molecule has 0 unspecified atom stereocenters. The van der Waals surface area contributed by atoms with E-state index in [0.29, 0.717) is 26.8 Å². The maximum Gasteiger partial charge on any atom is 0.308 e. The van der Waals surface area contributed by atoms with Gasteiger partial charge in [0.1, 0.15) is 0 Å². The second kappa shape index (κ2) is 7.04. The summed E-state index contributed by atoms with van der Waals surface area (Å²) in [6.45, 7) is 1.63. The molecule has 9 heteroatoms. The maximum absolute atomic E-state index is 12.2. The Labute approximate surface area is 152 Å². The molecule has 0 atom stereocenters. The van der Waals surface area contributed by atoms with Gasteiger partial charge in [0.2, 0.25) is 5.91 Å². The number of aliphatic carboxylic acids is 1. The number of imide groups is 1. The van der Waals surface area contributed by atoms with E-state index in [1.807, 2.05) is 0 Å². The van der Waals surface area contributed by atoms with Gasteiger partial charge < -0.3 is 10.4 Å². The second-order valence-corrected chi connectivity index (χ2v) is 6.79. The van der Waals surface area contributed by atoms with Crippen molar-refractivity contribution in [1.82, 2.24) is 9.88 Å². The van der Waals surface area contributed by atoms with Crippen molar-refractivity contribution in [3.8, 4) is 0 Å². The summed E-state index contributed by atoms with van der Waals surface area (Å²) in [6.07, 6.45) is -0.229. The number of fused-ring (bicyclic) bond motifs is 1. The molecule has 134 valence electrons. The zero-order chi connectivity index (χ0) is 18.8. The minimum absolute atomic E-state index is 0.0372. The molecule has 2 aromatic rings. The Morgan fingerprint density at radius 2 is 1.81 bits per heavy atom. The van der Waals surface area contributed by atoms with E-state index in [0.717, 1.165) is 16.2 Å². The van der Waals surface area contributed by atoms with E-state index in [1.165, 1.54) is 0 Å². The normalized spacial score (nSPS) is 13.0. The molecule has 8 nitrogen and oxygen atoms in total. The molecule has 0 spiro atoms. The third-order valence-electron chi connectivity index (χ3n) is 3.89. The van der Waals surface area contributed by atoms with Crippen LogP contribution in [0.15, 0.2) is 24.3 Å². The van der Waals surface area contributed by atoms with Crippen LogP contribution in [0.2, 0.25) is 0 Å².